The Morgan fingerprint density at radius 2 is 1.77 bits per heavy atom. The maximum Gasteiger partial charge on any atom is 0.251 e. The Bertz CT molecular complexity index is 790. The molecule has 0 saturated carbocycles. The Morgan fingerprint density at radius 1 is 1.08 bits per heavy atom. The summed E-state index contributed by atoms with van der Waals surface area (Å²) in [7, 11) is 0. The zero-order valence-corrected chi connectivity index (χ0v) is 15.4. The summed E-state index contributed by atoms with van der Waals surface area (Å²) >= 11 is 0. The van der Waals surface area contributed by atoms with Crippen molar-refractivity contribution in [3.63, 3.8) is 0 Å². The lowest BCUT2D eigenvalue weighted by Gasteiger charge is -2.38. The number of hydrogen-bond donors (Lipinski definition) is 2. The highest BCUT2D eigenvalue weighted by molar-refractivity contribution is 5.94. The van der Waals surface area contributed by atoms with Gasteiger partial charge >= 0.3 is 0 Å². The summed E-state index contributed by atoms with van der Waals surface area (Å²) in [6.07, 6.45) is 0. The Morgan fingerprint density at radius 3 is 2.38 bits per heavy atom. The Labute approximate surface area is 153 Å². The van der Waals surface area contributed by atoms with Gasteiger partial charge in [-0.05, 0) is 44.2 Å². The summed E-state index contributed by atoms with van der Waals surface area (Å²) in [5.74, 6) is -0.147. The lowest BCUT2D eigenvalue weighted by Crippen LogP contribution is -2.48. The molecule has 0 atom stereocenters. The van der Waals surface area contributed by atoms with Crippen LogP contribution in [-0.2, 0) is 6.54 Å². The topological polar surface area (TPSA) is 68.4 Å². The van der Waals surface area contributed by atoms with E-state index in [2.05, 4.69) is 33.9 Å². The number of H-pyrrole nitrogens is 1. The second-order valence-corrected chi connectivity index (χ2v) is 6.89. The second kappa shape index (κ2) is 8.19. The highest BCUT2D eigenvalue weighted by atomic mass is 16.1. The van der Waals surface area contributed by atoms with Gasteiger partial charge in [-0.25, -0.2) is 0 Å². The number of carbonyl (C=O) groups is 1. The zero-order chi connectivity index (χ0) is 18.5. The largest absolute Gasteiger partial charge is 0.369 e. The number of nitrogens with zero attached hydrogens (tertiary/aromatic N) is 2. The van der Waals surface area contributed by atoms with E-state index in [1.165, 1.54) is 6.07 Å². The highest BCUT2D eigenvalue weighted by Gasteiger charge is 2.19. The molecule has 1 aromatic carbocycles. The predicted molar refractivity (Wildman–Crippen MR) is 104 cm³/mol. The van der Waals surface area contributed by atoms with E-state index in [-0.39, 0.29) is 11.5 Å². The summed E-state index contributed by atoms with van der Waals surface area (Å²) in [5.41, 5.74) is 2.29. The molecule has 0 spiro atoms. The summed E-state index contributed by atoms with van der Waals surface area (Å²) in [6.45, 7) is 8.90. The number of aromatic nitrogens is 1. The van der Waals surface area contributed by atoms with Gasteiger partial charge in [0.2, 0.25) is 5.56 Å². The number of hydrogen-bond acceptors (Lipinski definition) is 4. The minimum atomic E-state index is -0.168. The normalized spacial score (nSPS) is 15.3. The second-order valence-electron chi connectivity index (χ2n) is 6.89. The quantitative estimate of drug-likeness (QED) is 0.860. The third kappa shape index (κ3) is 4.52. The summed E-state index contributed by atoms with van der Waals surface area (Å²) in [4.78, 5) is 31.1. The maximum absolute atomic E-state index is 12.3. The van der Waals surface area contributed by atoms with E-state index in [0.717, 1.165) is 31.9 Å². The molecule has 0 bridgehead atoms. The first kappa shape index (κ1) is 18.2. The van der Waals surface area contributed by atoms with Crippen molar-refractivity contribution in [3.8, 4) is 0 Å². The van der Waals surface area contributed by atoms with Crippen LogP contribution in [0.2, 0.25) is 0 Å². The van der Waals surface area contributed by atoms with Crippen LogP contribution < -0.4 is 15.8 Å². The van der Waals surface area contributed by atoms with Gasteiger partial charge in [-0.15, -0.1) is 0 Å². The molecule has 1 aliphatic rings. The summed E-state index contributed by atoms with van der Waals surface area (Å²) in [6, 6.07) is 13.2. The number of nitrogens with one attached hydrogen (secondary N) is 2. The third-order valence-electron chi connectivity index (χ3n) is 4.81. The maximum atomic E-state index is 12.3. The number of benzene rings is 1. The van der Waals surface area contributed by atoms with Gasteiger partial charge in [-0.1, -0.05) is 6.07 Å². The van der Waals surface area contributed by atoms with Gasteiger partial charge in [-0.2, -0.15) is 0 Å². The zero-order valence-electron chi connectivity index (χ0n) is 15.4. The number of pyridine rings is 1. The van der Waals surface area contributed by atoms with Crippen molar-refractivity contribution < 1.29 is 4.79 Å². The van der Waals surface area contributed by atoms with Crippen LogP contribution in [0.3, 0.4) is 0 Å². The molecule has 2 N–H and O–H groups in total. The van der Waals surface area contributed by atoms with Crippen LogP contribution >= 0.6 is 0 Å². The minimum absolute atomic E-state index is 0.147. The monoisotopic (exact) mass is 354 g/mol. The molecule has 2 heterocycles. The molecule has 0 unspecified atom stereocenters. The minimum Gasteiger partial charge on any atom is -0.369 e. The van der Waals surface area contributed by atoms with E-state index in [1.807, 2.05) is 24.3 Å². The van der Waals surface area contributed by atoms with Crippen molar-refractivity contribution in [2.45, 2.75) is 26.4 Å². The van der Waals surface area contributed by atoms with Crippen molar-refractivity contribution in [2.75, 3.05) is 31.1 Å². The number of rotatable bonds is 5. The number of carbonyl (C=O) groups excluding carboxylic acids is 1. The molecule has 0 aliphatic carbocycles. The SMILES string of the molecule is CC(C)N1CCN(c2ccc(C(=O)NCc3cccc(=O)[nH]3)cc2)CC1. The van der Waals surface area contributed by atoms with Crippen LogP contribution in [0.15, 0.2) is 47.3 Å². The van der Waals surface area contributed by atoms with Crippen molar-refractivity contribution >= 4 is 11.6 Å². The van der Waals surface area contributed by atoms with Crippen molar-refractivity contribution in [1.82, 2.24) is 15.2 Å². The van der Waals surface area contributed by atoms with Crippen LogP contribution in [0.1, 0.15) is 29.9 Å². The van der Waals surface area contributed by atoms with Crippen LogP contribution in [0.4, 0.5) is 5.69 Å². The van der Waals surface area contributed by atoms with Crippen LogP contribution in [0.5, 0.6) is 0 Å². The molecule has 26 heavy (non-hydrogen) atoms. The highest BCUT2D eigenvalue weighted by Crippen LogP contribution is 2.18. The van der Waals surface area contributed by atoms with Crippen molar-refractivity contribution in [1.29, 1.82) is 0 Å². The molecular weight excluding hydrogens is 328 g/mol. The van der Waals surface area contributed by atoms with Crippen LogP contribution in [0.25, 0.3) is 0 Å². The Hall–Kier alpha value is -2.60. The van der Waals surface area contributed by atoms with E-state index in [0.29, 0.717) is 23.8 Å². The molecule has 6 nitrogen and oxygen atoms in total. The van der Waals surface area contributed by atoms with Gasteiger partial charge in [0.05, 0.1) is 6.54 Å². The predicted octanol–water partition coefficient (Wildman–Crippen LogP) is 1.84. The molecule has 2 aromatic rings. The molecular formula is C20H26N4O2. The van der Waals surface area contributed by atoms with E-state index >= 15 is 0 Å². The first-order valence-corrected chi connectivity index (χ1v) is 9.08. The molecule has 6 heteroatoms. The van der Waals surface area contributed by atoms with E-state index in [1.54, 1.807) is 12.1 Å². The fourth-order valence-electron chi connectivity index (χ4n) is 3.19. The van der Waals surface area contributed by atoms with E-state index in [9.17, 15) is 9.59 Å². The average molecular weight is 354 g/mol. The average Bonchev–Trinajstić information content (AvgIpc) is 2.66. The van der Waals surface area contributed by atoms with Crippen molar-refractivity contribution in [2.24, 2.45) is 0 Å². The van der Waals surface area contributed by atoms with Crippen LogP contribution in [-0.4, -0.2) is 48.0 Å². The van der Waals surface area contributed by atoms with E-state index in [4.69, 9.17) is 0 Å². The first-order valence-electron chi connectivity index (χ1n) is 9.08. The van der Waals surface area contributed by atoms with Gasteiger partial charge in [0.25, 0.3) is 5.91 Å². The number of aromatic amines is 1. The first-order chi connectivity index (χ1) is 12.5. The summed E-state index contributed by atoms with van der Waals surface area (Å²) < 4.78 is 0. The number of anilines is 1. The van der Waals surface area contributed by atoms with Crippen LogP contribution in [0, 0.1) is 0 Å². The number of amides is 1. The molecule has 1 fully saturated rings. The Kier molecular flexibility index (Phi) is 5.73. The van der Waals surface area contributed by atoms with Gasteiger partial charge < -0.3 is 15.2 Å². The lowest BCUT2D eigenvalue weighted by atomic mass is 10.1. The summed E-state index contributed by atoms with van der Waals surface area (Å²) in [5, 5.41) is 2.83. The fraction of sp³-hybridized carbons (Fsp3) is 0.400. The van der Waals surface area contributed by atoms with Gasteiger partial charge in [-0.3, -0.25) is 14.5 Å². The van der Waals surface area contributed by atoms with Gasteiger partial charge in [0, 0.05) is 55.2 Å². The number of piperazine rings is 1. The van der Waals surface area contributed by atoms with Crippen molar-refractivity contribution in [3.05, 3.63) is 64.1 Å². The third-order valence-corrected chi connectivity index (χ3v) is 4.81. The molecule has 0 radical (unpaired) electrons. The molecule has 138 valence electrons. The van der Waals surface area contributed by atoms with Gasteiger partial charge in [0.1, 0.15) is 0 Å². The fourth-order valence-corrected chi connectivity index (χ4v) is 3.19. The molecule has 1 aromatic heterocycles. The Balaban J connectivity index is 1.55. The van der Waals surface area contributed by atoms with E-state index < -0.39 is 0 Å². The smallest absolute Gasteiger partial charge is 0.251 e. The molecule has 3 rings (SSSR count). The molecule has 1 aliphatic heterocycles. The standard InChI is InChI=1S/C20H26N4O2/c1-15(2)23-10-12-24(13-11-23)18-8-6-16(7-9-18)20(26)21-14-17-4-3-5-19(25)22-17/h3-9,15H,10-14H2,1-2H3,(H,21,26)(H,22,25). The van der Waals surface area contributed by atoms with Gasteiger partial charge in [0.15, 0.2) is 0 Å². The molecule has 1 amide bonds. The lowest BCUT2D eigenvalue weighted by molar-refractivity contribution is 0.0950. The molecule has 1 saturated heterocycles.